The van der Waals surface area contributed by atoms with Crippen LogP contribution in [-0.2, 0) is 9.53 Å². The van der Waals surface area contributed by atoms with Gasteiger partial charge in [-0.3, -0.25) is 14.2 Å². The molecule has 1 aliphatic carbocycles. The summed E-state index contributed by atoms with van der Waals surface area (Å²) in [5, 5.41) is 11.3. The van der Waals surface area contributed by atoms with E-state index in [2.05, 4.69) is 0 Å². The summed E-state index contributed by atoms with van der Waals surface area (Å²) in [7, 11) is 0. The molecule has 0 radical (unpaired) electrons. The monoisotopic (exact) mass is 445 g/mol. The molecule has 7 heteroatoms. The van der Waals surface area contributed by atoms with Crippen molar-refractivity contribution in [3.05, 3.63) is 63.3 Å². The second-order valence-corrected chi connectivity index (χ2v) is 8.50. The van der Waals surface area contributed by atoms with Crippen molar-refractivity contribution in [3.63, 3.8) is 0 Å². The summed E-state index contributed by atoms with van der Waals surface area (Å²) < 4.78 is 7.13. The molecule has 0 aliphatic heterocycles. The fourth-order valence-electron chi connectivity index (χ4n) is 3.87. The quantitative estimate of drug-likeness (QED) is 0.511. The Morgan fingerprint density at radius 2 is 1.87 bits per heavy atom. The molecule has 1 fully saturated rings. The first-order valence-electron chi connectivity index (χ1n) is 9.82. The number of esters is 1. The lowest BCUT2D eigenvalue weighted by Crippen LogP contribution is -2.27. The molecule has 30 heavy (non-hydrogen) atoms. The zero-order valence-electron chi connectivity index (χ0n) is 16.6. The van der Waals surface area contributed by atoms with E-state index in [9.17, 15) is 14.7 Å². The van der Waals surface area contributed by atoms with Crippen LogP contribution in [0, 0.1) is 6.92 Å². The lowest BCUT2D eigenvalue weighted by molar-refractivity contribution is -0.154. The summed E-state index contributed by atoms with van der Waals surface area (Å²) in [6.07, 6.45) is 2.81. The van der Waals surface area contributed by atoms with Crippen molar-refractivity contribution < 1.29 is 19.4 Å². The van der Waals surface area contributed by atoms with Gasteiger partial charge in [0.05, 0.1) is 21.5 Å². The first-order valence-corrected chi connectivity index (χ1v) is 10.6. The van der Waals surface area contributed by atoms with Gasteiger partial charge in [-0.15, -0.1) is 0 Å². The number of carbonyl (C=O) groups excluding carboxylic acids is 2. The fourth-order valence-corrected chi connectivity index (χ4v) is 4.17. The molecule has 156 valence electrons. The van der Waals surface area contributed by atoms with Crippen LogP contribution in [0.3, 0.4) is 0 Å². The Morgan fingerprint density at radius 1 is 1.13 bits per heavy atom. The lowest BCUT2D eigenvalue weighted by atomic mass is 9.94. The van der Waals surface area contributed by atoms with Gasteiger partial charge < -0.3 is 9.84 Å². The van der Waals surface area contributed by atoms with Crippen molar-refractivity contribution in [2.24, 2.45) is 0 Å². The average molecular weight is 446 g/mol. The minimum absolute atomic E-state index is 0.0279. The SMILES string of the molecule is Cc1c(C(C)C(=O)OC2CCC2)c2cc(O)ccc2n1C(=O)c1ccc(Cl)c(Cl)c1. The third-order valence-electron chi connectivity index (χ3n) is 5.73. The number of fused-ring (bicyclic) bond motifs is 1. The standard InChI is InChI=1S/C23H21Cl2NO4/c1-12(23(29)30-16-4-3-5-16)21-13(2)26(20-9-7-15(27)11-17(20)21)22(28)14-6-8-18(24)19(25)10-14/h6-12,16,27H,3-5H2,1-2H3. The van der Waals surface area contributed by atoms with Crippen LogP contribution in [-0.4, -0.2) is 27.7 Å². The Bertz CT molecular complexity index is 1160. The van der Waals surface area contributed by atoms with E-state index < -0.39 is 5.92 Å². The summed E-state index contributed by atoms with van der Waals surface area (Å²) in [6.45, 7) is 3.55. The van der Waals surface area contributed by atoms with E-state index >= 15 is 0 Å². The zero-order chi connectivity index (χ0) is 21.6. The molecular formula is C23H21Cl2NO4. The van der Waals surface area contributed by atoms with Gasteiger partial charge in [0.25, 0.3) is 5.91 Å². The first kappa shape index (κ1) is 20.8. The molecule has 0 bridgehead atoms. The maximum atomic E-state index is 13.4. The highest BCUT2D eigenvalue weighted by Crippen LogP contribution is 2.36. The molecule has 5 nitrogen and oxygen atoms in total. The minimum atomic E-state index is -0.585. The average Bonchev–Trinajstić information content (AvgIpc) is 2.96. The van der Waals surface area contributed by atoms with E-state index in [1.54, 1.807) is 38.1 Å². The fraction of sp³-hybridized carbons (Fsp3) is 0.304. The van der Waals surface area contributed by atoms with E-state index in [0.29, 0.717) is 32.7 Å². The molecule has 0 spiro atoms. The van der Waals surface area contributed by atoms with Crippen molar-refractivity contribution in [1.82, 2.24) is 4.57 Å². The molecule has 0 saturated heterocycles. The number of phenolic OH excluding ortho intramolecular Hbond substituents is 1. The molecule has 1 unspecified atom stereocenters. The Balaban J connectivity index is 1.82. The van der Waals surface area contributed by atoms with Crippen LogP contribution in [0.5, 0.6) is 5.75 Å². The number of hydrogen-bond acceptors (Lipinski definition) is 4. The van der Waals surface area contributed by atoms with Crippen LogP contribution >= 0.6 is 23.2 Å². The highest BCUT2D eigenvalue weighted by atomic mass is 35.5. The normalized spacial score (nSPS) is 15.1. The van der Waals surface area contributed by atoms with Crippen LogP contribution in [0.1, 0.15) is 53.7 Å². The Labute approximate surface area is 184 Å². The Kier molecular flexibility index (Phi) is 5.51. The highest BCUT2D eigenvalue weighted by molar-refractivity contribution is 6.42. The van der Waals surface area contributed by atoms with Gasteiger partial charge in [0.15, 0.2) is 0 Å². The number of hydrogen-bond donors (Lipinski definition) is 1. The number of rotatable bonds is 4. The number of nitrogens with zero attached hydrogens (tertiary/aromatic N) is 1. The Morgan fingerprint density at radius 3 is 2.50 bits per heavy atom. The topological polar surface area (TPSA) is 68.5 Å². The summed E-state index contributed by atoms with van der Waals surface area (Å²) in [5.74, 6) is -1.15. The molecule has 1 aromatic heterocycles. The van der Waals surface area contributed by atoms with Gasteiger partial charge in [0, 0.05) is 16.6 Å². The smallest absolute Gasteiger partial charge is 0.313 e. The van der Waals surface area contributed by atoms with Gasteiger partial charge in [-0.2, -0.15) is 0 Å². The first-order chi connectivity index (χ1) is 14.3. The number of aromatic nitrogens is 1. The van der Waals surface area contributed by atoms with Crippen molar-refractivity contribution in [2.75, 3.05) is 0 Å². The van der Waals surface area contributed by atoms with Crippen LogP contribution < -0.4 is 0 Å². The van der Waals surface area contributed by atoms with Crippen molar-refractivity contribution in [1.29, 1.82) is 0 Å². The second-order valence-electron chi connectivity index (χ2n) is 7.68. The molecule has 1 heterocycles. The highest BCUT2D eigenvalue weighted by Gasteiger charge is 2.30. The summed E-state index contributed by atoms with van der Waals surface area (Å²) in [5.41, 5.74) is 2.25. The summed E-state index contributed by atoms with van der Waals surface area (Å²) in [6, 6.07) is 9.46. The van der Waals surface area contributed by atoms with E-state index in [1.165, 1.54) is 16.7 Å². The van der Waals surface area contributed by atoms with E-state index in [-0.39, 0.29) is 28.8 Å². The van der Waals surface area contributed by atoms with Crippen LogP contribution in [0.25, 0.3) is 10.9 Å². The van der Waals surface area contributed by atoms with Crippen molar-refractivity contribution in [2.45, 2.75) is 45.1 Å². The minimum Gasteiger partial charge on any atom is -0.508 e. The number of halogens is 2. The molecule has 1 saturated carbocycles. The Hall–Kier alpha value is -2.50. The van der Waals surface area contributed by atoms with Gasteiger partial charge in [-0.05, 0) is 75.1 Å². The number of aromatic hydroxyl groups is 1. The number of carbonyl (C=O) groups is 2. The molecule has 1 aliphatic rings. The number of benzene rings is 2. The maximum Gasteiger partial charge on any atom is 0.313 e. The molecule has 1 atom stereocenters. The summed E-state index contributed by atoms with van der Waals surface area (Å²) >= 11 is 12.1. The number of ether oxygens (including phenoxy) is 1. The summed E-state index contributed by atoms with van der Waals surface area (Å²) in [4.78, 5) is 26.1. The van der Waals surface area contributed by atoms with Gasteiger partial charge in [-0.1, -0.05) is 23.2 Å². The third kappa shape index (κ3) is 3.57. The predicted octanol–water partition coefficient (Wildman–Crippen LogP) is 5.85. The largest absolute Gasteiger partial charge is 0.508 e. The van der Waals surface area contributed by atoms with E-state index in [1.807, 2.05) is 0 Å². The zero-order valence-corrected chi connectivity index (χ0v) is 18.1. The lowest BCUT2D eigenvalue weighted by Gasteiger charge is -2.26. The molecule has 2 aromatic carbocycles. The van der Waals surface area contributed by atoms with Crippen LogP contribution in [0.4, 0.5) is 0 Å². The predicted molar refractivity (Wildman–Crippen MR) is 117 cm³/mol. The van der Waals surface area contributed by atoms with Gasteiger partial charge in [0.2, 0.25) is 0 Å². The maximum absolute atomic E-state index is 13.4. The molecular weight excluding hydrogens is 425 g/mol. The van der Waals surface area contributed by atoms with Crippen LogP contribution in [0.15, 0.2) is 36.4 Å². The third-order valence-corrected chi connectivity index (χ3v) is 6.47. The second kappa shape index (κ2) is 7.97. The number of phenols is 1. The molecule has 0 amide bonds. The van der Waals surface area contributed by atoms with Crippen LogP contribution in [0.2, 0.25) is 10.0 Å². The van der Waals surface area contributed by atoms with Crippen molar-refractivity contribution in [3.8, 4) is 5.75 Å². The molecule has 1 N–H and O–H groups in total. The van der Waals surface area contributed by atoms with Gasteiger partial charge in [0.1, 0.15) is 11.9 Å². The van der Waals surface area contributed by atoms with Crippen molar-refractivity contribution >= 4 is 46.0 Å². The molecule has 4 rings (SSSR count). The van der Waals surface area contributed by atoms with E-state index in [0.717, 1.165) is 19.3 Å². The molecule has 3 aromatic rings. The van der Waals surface area contributed by atoms with E-state index in [4.69, 9.17) is 27.9 Å². The van der Waals surface area contributed by atoms with Gasteiger partial charge >= 0.3 is 5.97 Å². The van der Waals surface area contributed by atoms with Gasteiger partial charge in [-0.25, -0.2) is 0 Å².